The van der Waals surface area contributed by atoms with Crippen LogP contribution in [0.2, 0.25) is 0 Å². The molecule has 1 heterocycles. The van der Waals surface area contributed by atoms with Gasteiger partial charge in [-0.2, -0.15) is 0 Å². The minimum Gasteiger partial charge on any atom is -0.325 e. The van der Waals surface area contributed by atoms with E-state index in [4.69, 9.17) is 0 Å². The Bertz CT molecular complexity index is 425. The maximum absolute atomic E-state index is 12.0. The number of piperazine rings is 1. The van der Waals surface area contributed by atoms with Gasteiger partial charge in [0.05, 0.1) is 6.54 Å². The lowest BCUT2D eigenvalue weighted by atomic mass is 10.2. The van der Waals surface area contributed by atoms with Crippen molar-refractivity contribution in [1.82, 2.24) is 10.2 Å². The zero-order valence-electron chi connectivity index (χ0n) is 11.5. The summed E-state index contributed by atoms with van der Waals surface area (Å²) in [7, 11) is 0. The Hall–Kier alpha value is -1.10. The van der Waals surface area contributed by atoms with Gasteiger partial charge in [-0.15, -0.1) is 12.4 Å². The van der Waals surface area contributed by atoms with Gasteiger partial charge in [0.2, 0.25) is 5.91 Å². The maximum Gasteiger partial charge on any atom is 0.238 e. The largest absolute Gasteiger partial charge is 0.325 e. The van der Waals surface area contributed by atoms with Crippen molar-refractivity contribution >= 4 is 24.0 Å². The normalized spacial score (nSPS) is 19.6. The molecule has 19 heavy (non-hydrogen) atoms. The van der Waals surface area contributed by atoms with Crippen LogP contribution in [0.15, 0.2) is 24.3 Å². The van der Waals surface area contributed by atoms with E-state index in [0.29, 0.717) is 12.6 Å². The van der Waals surface area contributed by atoms with Crippen molar-refractivity contribution in [2.45, 2.75) is 19.9 Å². The molecule has 1 aliphatic rings. The van der Waals surface area contributed by atoms with Gasteiger partial charge in [-0.25, -0.2) is 0 Å². The highest BCUT2D eigenvalue weighted by atomic mass is 35.5. The van der Waals surface area contributed by atoms with Gasteiger partial charge < -0.3 is 10.6 Å². The topological polar surface area (TPSA) is 44.4 Å². The molecule has 1 aliphatic heterocycles. The van der Waals surface area contributed by atoms with Crippen LogP contribution in [-0.2, 0) is 4.79 Å². The summed E-state index contributed by atoms with van der Waals surface area (Å²) in [6, 6.07) is 8.32. The van der Waals surface area contributed by atoms with Gasteiger partial charge >= 0.3 is 0 Å². The van der Waals surface area contributed by atoms with Crippen molar-refractivity contribution < 1.29 is 4.79 Å². The van der Waals surface area contributed by atoms with Crippen molar-refractivity contribution in [3.05, 3.63) is 29.8 Å². The summed E-state index contributed by atoms with van der Waals surface area (Å²) < 4.78 is 0. The molecule has 1 saturated heterocycles. The first-order valence-corrected chi connectivity index (χ1v) is 6.46. The summed E-state index contributed by atoms with van der Waals surface area (Å²) in [5.41, 5.74) is 2.00. The molecule has 0 saturated carbocycles. The molecule has 0 spiro atoms. The van der Waals surface area contributed by atoms with Gasteiger partial charge in [0.1, 0.15) is 0 Å². The molecule has 1 atom stereocenters. The van der Waals surface area contributed by atoms with Crippen LogP contribution in [0.4, 0.5) is 5.69 Å². The molecular formula is C14H22ClN3O. The molecule has 0 aliphatic carbocycles. The second kappa shape index (κ2) is 7.48. The Morgan fingerprint density at radius 2 is 2.21 bits per heavy atom. The highest BCUT2D eigenvalue weighted by Gasteiger charge is 2.17. The van der Waals surface area contributed by atoms with Crippen LogP contribution in [0.1, 0.15) is 12.5 Å². The van der Waals surface area contributed by atoms with Gasteiger partial charge in [0.25, 0.3) is 0 Å². The summed E-state index contributed by atoms with van der Waals surface area (Å²) >= 11 is 0. The van der Waals surface area contributed by atoms with Crippen LogP contribution in [-0.4, -0.2) is 43.0 Å². The second-order valence-corrected chi connectivity index (χ2v) is 4.95. The number of carbonyl (C=O) groups excluding carboxylic acids is 1. The van der Waals surface area contributed by atoms with Crippen LogP contribution >= 0.6 is 12.4 Å². The van der Waals surface area contributed by atoms with E-state index in [1.807, 2.05) is 31.2 Å². The van der Waals surface area contributed by atoms with E-state index in [-0.39, 0.29) is 18.3 Å². The number of nitrogens with one attached hydrogen (secondary N) is 2. The third kappa shape index (κ3) is 4.82. The number of halogens is 1. The minimum atomic E-state index is 0. The summed E-state index contributed by atoms with van der Waals surface area (Å²) in [6.45, 7) is 7.44. The number of benzene rings is 1. The molecule has 0 radical (unpaired) electrons. The number of amides is 1. The fraction of sp³-hybridized carbons (Fsp3) is 0.500. The monoisotopic (exact) mass is 283 g/mol. The number of aryl methyl sites for hydroxylation is 1. The van der Waals surface area contributed by atoms with Crippen LogP contribution in [0.25, 0.3) is 0 Å². The van der Waals surface area contributed by atoms with Gasteiger partial charge in [0, 0.05) is 31.4 Å². The Balaban J connectivity index is 0.00000180. The molecule has 1 unspecified atom stereocenters. The molecule has 0 aromatic heterocycles. The molecule has 0 bridgehead atoms. The molecule has 1 fully saturated rings. The van der Waals surface area contributed by atoms with E-state index in [9.17, 15) is 4.79 Å². The second-order valence-electron chi connectivity index (χ2n) is 4.95. The summed E-state index contributed by atoms with van der Waals surface area (Å²) in [4.78, 5) is 14.2. The first kappa shape index (κ1) is 16.0. The molecule has 4 nitrogen and oxygen atoms in total. The van der Waals surface area contributed by atoms with Crippen LogP contribution < -0.4 is 10.6 Å². The van der Waals surface area contributed by atoms with Crippen LogP contribution in [0, 0.1) is 6.92 Å². The molecular weight excluding hydrogens is 262 g/mol. The minimum absolute atomic E-state index is 0. The van der Waals surface area contributed by atoms with E-state index in [1.54, 1.807) is 0 Å². The fourth-order valence-electron chi connectivity index (χ4n) is 2.26. The van der Waals surface area contributed by atoms with Crippen molar-refractivity contribution in [1.29, 1.82) is 0 Å². The Morgan fingerprint density at radius 1 is 1.47 bits per heavy atom. The number of hydrogen-bond donors (Lipinski definition) is 2. The number of rotatable bonds is 3. The molecule has 1 amide bonds. The van der Waals surface area contributed by atoms with E-state index in [0.717, 1.165) is 30.9 Å². The average molecular weight is 284 g/mol. The van der Waals surface area contributed by atoms with Gasteiger partial charge in [-0.05, 0) is 25.5 Å². The first-order valence-electron chi connectivity index (χ1n) is 6.46. The standard InChI is InChI=1S/C14H21N3O.ClH/c1-11-5-3-4-6-13(11)16-14(18)10-17-8-7-15-12(2)9-17;/h3-6,12,15H,7-10H2,1-2H3,(H,16,18);1H. The van der Waals surface area contributed by atoms with Crippen molar-refractivity contribution in [3.8, 4) is 0 Å². The Morgan fingerprint density at radius 3 is 2.89 bits per heavy atom. The number of para-hydroxylation sites is 1. The number of nitrogens with zero attached hydrogens (tertiary/aromatic N) is 1. The quantitative estimate of drug-likeness (QED) is 0.887. The Labute approximate surface area is 121 Å². The third-order valence-electron chi connectivity index (χ3n) is 3.24. The first-order chi connectivity index (χ1) is 8.65. The lowest BCUT2D eigenvalue weighted by Crippen LogP contribution is -2.51. The zero-order chi connectivity index (χ0) is 13.0. The van der Waals surface area contributed by atoms with Crippen LogP contribution in [0.3, 0.4) is 0 Å². The molecule has 5 heteroatoms. The summed E-state index contributed by atoms with van der Waals surface area (Å²) in [5.74, 6) is 0.0680. The van der Waals surface area contributed by atoms with Gasteiger partial charge in [0.15, 0.2) is 0 Å². The summed E-state index contributed by atoms with van der Waals surface area (Å²) in [5, 5.41) is 6.34. The van der Waals surface area contributed by atoms with Crippen molar-refractivity contribution in [3.63, 3.8) is 0 Å². The highest BCUT2D eigenvalue weighted by Crippen LogP contribution is 2.13. The van der Waals surface area contributed by atoms with Crippen molar-refractivity contribution in [2.24, 2.45) is 0 Å². The molecule has 2 rings (SSSR count). The highest BCUT2D eigenvalue weighted by molar-refractivity contribution is 5.92. The zero-order valence-corrected chi connectivity index (χ0v) is 12.3. The lowest BCUT2D eigenvalue weighted by molar-refractivity contribution is -0.117. The molecule has 1 aromatic rings. The van der Waals surface area contributed by atoms with E-state index in [1.165, 1.54) is 0 Å². The Kier molecular flexibility index (Phi) is 6.28. The maximum atomic E-state index is 12.0. The van der Waals surface area contributed by atoms with Gasteiger partial charge in [-0.3, -0.25) is 9.69 Å². The average Bonchev–Trinajstić information content (AvgIpc) is 2.32. The molecule has 106 valence electrons. The lowest BCUT2D eigenvalue weighted by Gasteiger charge is -2.31. The number of anilines is 1. The predicted molar refractivity (Wildman–Crippen MR) is 81.0 cm³/mol. The molecule has 2 N–H and O–H groups in total. The predicted octanol–water partition coefficient (Wildman–Crippen LogP) is 1.65. The molecule has 1 aromatic carbocycles. The SMILES string of the molecule is Cc1ccccc1NC(=O)CN1CCNC(C)C1.Cl. The fourth-order valence-corrected chi connectivity index (χ4v) is 2.26. The third-order valence-corrected chi connectivity index (χ3v) is 3.24. The van der Waals surface area contributed by atoms with Gasteiger partial charge in [-0.1, -0.05) is 18.2 Å². The van der Waals surface area contributed by atoms with E-state index >= 15 is 0 Å². The number of carbonyl (C=O) groups is 1. The number of hydrogen-bond acceptors (Lipinski definition) is 3. The van der Waals surface area contributed by atoms with Crippen molar-refractivity contribution in [2.75, 3.05) is 31.5 Å². The van der Waals surface area contributed by atoms with E-state index < -0.39 is 0 Å². The van der Waals surface area contributed by atoms with E-state index in [2.05, 4.69) is 22.5 Å². The smallest absolute Gasteiger partial charge is 0.238 e. The van der Waals surface area contributed by atoms with Crippen LogP contribution in [0.5, 0.6) is 0 Å². The summed E-state index contributed by atoms with van der Waals surface area (Å²) in [6.07, 6.45) is 0.